The number of hydrogen-bond acceptors (Lipinski definition) is 1. The molecule has 0 N–H and O–H groups in total. The Kier molecular flexibility index (Phi) is 1.76. The number of nitrogens with zero attached hydrogens (tertiary/aromatic N) is 1. The van der Waals surface area contributed by atoms with Crippen LogP contribution in [0.15, 0.2) is 12.1 Å². The normalized spacial score (nSPS) is 15.1. The molecule has 12 heavy (non-hydrogen) atoms. The Balaban J connectivity index is 2.60. The van der Waals surface area contributed by atoms with E-state index in [1.54, 1.807) is 0 Å². The molecular formula is C10H12ClN. The van der Waals surface area contributed by atoms with Crippen molar-refractivity contribution >= 4 is 17.3 Å². The highest BCUT2D eigenvalue weighted by molar-refractivity contribution is 6.32. The van der Waals surface area contributed by atoms with Gasteiger partial charge < -0.3 is 4.90 Å². The fourth-order valence-corrected chi connectivity index (χ4v) is 1.98. The van der Waals surface area contributed by atoms with Gasteiger partial charge in [-0.1, -0.05) is 17.7 Å². The minimum Gasteiger partial charge on any atom is -0.374 e. The van der Waals surface area contributed by atoms with Crippen molar-refractivity contribution in [2.24, 2.45) is 0 Å². The van der Waals surface area contributed by atoms with Crippen LogP contribution in [-0.2, 0) is 6.42 Å². The molecule has 0 unspecified atom stereocenters. The summed E-state index contributed by atoms with van der Waals surface area (Å²) in [4.78, 5) is 2.25. The van der Waals surface area contributed by atoms with E-state index in [2.05, 4.69) is 31.0 Å². The summed E-state index contributed by atoms with van der Waals surface area (Å²) < 4.78 is 0. The number of anilines is 1. The lowest BCUT2D eigenvalue weighted by Gasteiger charge is -2.12. The Morgan fingerprint density at radius 1 is 1.42 bits per heavy atom. The van der Waals surface area contributed by atoms with Gasteiger partial charge in [0.15, 0.2) is 0 Å². The van der Waals surface area contributed by atoms with Gasteiger partial charge in [-0.25, -0.2) is 0 Å². The van der Waals surface area contributed by atoms with Gasteiger partial charge in [-0.15, -0.1) is 0 Å². The summed E-state index contributed by atoms with van der Waals surface area (Å²) in [5.41, 5.74) is 3.80. The van der Waals surface area contributed by atoms with E-state index in [9.17, 15) is 0 Å². The lowest BCUT2D eigenvalue weighted by Crippen LogP contribution is -2.12. The predicted molar refractivity (Wildman–Crippen MR) is 53.2 cm³/mol. The summed E-state index contributed by atoms with van der Waals surface area (Å²) in [6, 6.07) is 4.24. The van der Waals surface area contributed by atoms with Crippen LogP contribution < -0.4 is 4.90 Å². The first-order valence-corrected chi connectivity index (χ1v) is 4.57. The van der Waals surface area contributed by atoms with Gasteiger partial charge in [0.25, 0.3) is 0 Å². The van der Waals surface area contributed by atoms with Gasteiger partial charge in [0.2, 0.25) is 0 Å². The smallest absolute Gasteiger partial charge is 0.0488 e. The molecule has 0 amide bonds. The summed E-state index contributed by atoms with van der Waals surface area (Å²) in [5.74, 6) is 0. The standard InChI is InChI=1S/C10H12ClN/c1-7-3-4-9-8(10(7)11)5-6-12(9)2/h3-4H,5-6H2,1-2H3. The maximum Gasteiger partial charge on any atom is 0.0488 e. The van der Waals surface area contributed by atoms with Gasteiger partial charge in [-0.3, -0.25) is 0 Å². The molecular weight excluding hydrogens is 170 g/mol. The highest BCUT2D eigenvalue weighted by Crippen LogP contribution is 2.34. The minimum atomic E-state index is 0.955. The van der Waals surface area contributed by atoms with E-state index in [1.165, 1.54) is 16.8 Å². The first-order chi connectivity index (χ1) is 5.70. The Labute approximate surface area is 77.9 Å². The molecule has 64 valence electrons. The molecule has 0 aliphatic carbocycles. The van der Waals surface area contributed by atoms with Gasteiger partial charge in [0, 0.05) is 24.3 Å². The lowest BCUT2D eigenvalue weighted by molar-refractivity contribution is 0.956. The largest absolute Gasteiger partial charge is 0.374 e. The molecule has 0 radical (unpaired) electrons. The zero-order valence-electron chi connectivity index (χ0n) is 7.39. The summed E-state index contributed by atoms with van der Waals surface area (Å²) in [5, 5.41) is 0.955. The molecule has 0 aromatic heterocycles. The van der Waals surface area contributed by atoms with Crippen molar-refractivity contribution in [1.29, 1.82) is 0 Å². The van der Waals surface area contributed by atoms with E-state index in [0.29, 0.717) is 0 Å². The average Bonchev–Trinajstić information content (AvgIpc) is 2.41. The van der Waals surface area contributed by atoms with E-state index >= 15 is 0 Å². The maximum atomic E-state index is 6.18. The number of likely N-dealkylation sites (N-methyl/N-ethyl adjacent to an activating group) is 1. The first kappa shape index (κ1) is 7.93. The quantitative estimate of drug-likeness (QED) is 0.595. The summed E-state index contributed by atoms with van der Waals surface area (Å²) in [6.45, 7) is 3.15. The minimum absolute atomic E-state index is 0.955. The van der Waals surface area contributed by atoms with E-state index in [1.807, 2.05) is 0 Å². The van der Waals surface area contributed by atoms with Gasteiger partial charge in [0.05, 0.1) is 0 Å². The van der Waals surface area contributed by atoms with Crippen molar-refractivity contribution in [2.75, 3.05) is 18.5 Å². The fourth-order valence-electron chi connectivity index (χ4n) is 1.72. The molecule has 1 heterocycles. The van der Waals surface area contributed by atoms with Crippen molar-refractivity contribution in [3.05, 3.63) is 28.3 Å². The monoisotopic (exact) mass is 181 g/mol. The van der Waals surface area contributed by atoms with Crippen molar-refractivity contribution in [3.63, 3.8) is 0 Å². The number of rotatable bonds is 0. The van der Waals surface area contributed by atoms with E-state index in [-0.39, 0.29) is 0 Å². The third kappa shape index (κ3) is 1.00. The van der Waals surface area contributed by atoms with Gasteiger partial charge in [-0.05, 0) is 30.5 Å². The summed E-state index contributed by atoms with van der Waals surface area (Å²) in [6.07, 6.45) is 1.09. The number of benzene rings is 1. The van der Waals surface area contributed by atoms with Crippen LogP contribution in [0.2, 0.25) is 5.02 Å². The van der Waals surface area contributed by atoms with Crippen LogP contribution in [-0.4, -0.2) is 13.6 Å². The van der Waals surface area contributed by atoms with Crippen molar-refractivity contribution in [2.45, 2.75) is 13.3 Å². The number of halogens is 1. The zero-order valence-corrected chi connectivity index (χ0v) is 8.15. The first-order valence-electron chi connectivity index (χ1n) is 4.19. The number of fused-ring (bicyclic) bond motifs is 1. The SMILES string of the molecule is Cc1ccc2c(c1Cl)CCN2C. The molecule has 0 spiro atoms. The Morgan fingerprint density at radius 3 is 2.92 bits per heavy atom. The van der Waals surface area contributed by atoms with Crippen molar-refractivity contribution in [1.82, 2.24) is 0 Å². The fraction of sp³-hybridized carbons (Fsp3) is 0.400. The predicted octanol–water partition coefficient (Wildman–Crippen LogP) is 2.64. The molecule has 0 bridgehead atoms. The molecule has 0 atom stereocenters. The van der Waals surface area contributed by atoms with Crippen LogP contribution in [0.1, 0.15) is 11.1 Å². The van der Waals surface area contributed by atoms with Gasteiger partial charge in [0.1, 0.15) is 0 Å². The highest BCUT2D eigenvalue weighted by Gasteiger charge is 2.18. The Morgan fingerprint density at radius 2 is 2.17 bits per heavy atom. The van der Waals surface area contributed by atoms with Crippen LogP contribution in [0.3, 0.4) is 0 Å². The Bertz CT molecular complexity index is 320. The Hall–Kier alpha value is -0.690. The highest BCUT2D eigenvalue weighted by atomic mass is 35.5. The molecule has 0 saturated heterocycles. The molecule has 2 heteroatoms. The summed E-state index contributed by atoms with van der Waals surface area (Å²) in [7, 11) is 2.11. The molecule has 2 rings (SSSR count). The zero-order chi connectivity index (χ0) is 8.72. The second-order valence-electron chi connectivity index (χ2n) is 3.37. The molecule has 0 saturated carbocycles. The van der Waals surface area contributed by atoms with E-state index in [0.717, 1.165) is 18.0 Å². The molecule has 1 aromatic carbocycles. The lowest BCUT2D eigenvalue weighted by atomic mass is 10.1. The van der Waals surface area contributed by atoms with Crippen LogP contribution in [0, 0.1) is 6.92 Å². The molecule has 1 aromatic rings. The molecule has 0 fully saturated rings. The third-order valence-corrected chi connectivity index (χ3v) is 3.05. The van der Waals surface area contributed by atoms with Crippen LogP contribution in [0.4, 0.5) is 5.69 Å². The van der Waals surface area contributed by atoms with Gasteiger partial charge >= 0.3 is 0 Å². The maximum absolute atomic E-state index is 6.18. The van der Waals surface area contributed by atoms with Crippen molar-refractivity contribution in [3.8, 4) is 0 Å². The van der Waals surface area contributed by atoms with Crippen LogP contribution in [0.25, 0.3) is 0 Å². The average molecular weight is 182 g/mol. The van der Waals surface area contributed by atoms with E-state index < -0.39 is 0 Å². The van der Waals surface area contributed by atoms with Gasteiger partial charge in [-0.2, -0.15) is 0 Å². The second kappa shape index (κ2) is 2.67. The van der Waals surface area contributed by atoms with Crippen LogP contribution in [0.5, 0.6) is 0 Å². The number of hydrogen-bond donors (Lipinski definition) is 0. The second-order valence-corrected chi connectivity index (χ2v) is 3.74. The van der Waals surface area contributed by atoms with Crippen LogP contribution >= 0.6 is 11.6 Å². The van der Waals surface area contributed by atoms with Crippen molar-refractivity contribution < 1.29 is 0 Å². The summed E-state index contributed by atoms with van der Waals surface area (Å²) >= 11 is 6.18. The topological polar surface area (TPSA) is 3.24 Å². The molecule has 1 nitrogen and oxygen atoms in total. The molecule has 1 aliphatic rings. The van der Waals surface area contributed by atoms with E-state index in [4.69, 9.17) is 11.6 Å². The third-order valence-electron chi connectivity index (χ3n) is 2.52. The number of aryl methyl sites for hydroxylation is 1. The molecule has 1 aliphatic heterocycles.